The first-order valence-electron chi connectivity index (χ1n) is 5.82. The molecule has 0 amide bonds. The van der Waals surface area contributed by atoms with Crippen molar-refractivity contribution in [3.63, 3.8) is 0 Å². The van der Waals surface area contributed by atoms with E-state index in [0.29, 0.717) is 6.04 Å². The number of fused-ring (bicyclic) bond motifs is 1. The molecular weight excluding hydrogens is 186 g/mol. The summed E-state index contributed by atoms with van der Waals surface area (Å²) in [6.07, 6.45) is 2.43. The Kier molecular flexibility index (Phi) is 2.17. The number of hydrogen-bond acceptors (Lipinski definition) is 2. The highest BCUT2D eigenvalue weighted by molar-refractivity contribution is 5.37. The van der Waals surface area contributed by atoms with Crippen LogP contribution in [-0.2, 0) is 0 Å². The van der Waals surface area contributed by atoms with Crippen LogP contribution in [0.4, 0.5) is 0 Å². The Morgan fingerprint density at radius 2 is 2.13 bits per heavy atom. The maximum absolute atomic E-state index is 5.64. The normalized spacial score (nSPS) is 33.0. The first kappa shape index (κ1) is 9.22. The molecule has 0 bridgehead atoms. The van der Waals surface area contributed by atoms with Gasteiger partial charge in [0.2, 0.25) is 0 Å². The summed E-state index contributed by atoms with van der Waals surface area (Å²) in [7, 11) is 0. The van der Waals surface area contributed by atoms with Gasteiger partial charge < -0.3 is 10.1 Å². The lowest BCUT2D eigenvalue weighted by Crippen LogP contribution is -2.29. The Morgan fingerprint density at radius 1 is 1.33 bits per heavy atom. The Labute approximate surface area is 90.6 Å². The van der Waals surface area contributed by atoms with Crippen LogP contribution in [0.15, 0.2) is 24.3 Å². The molecule has 1 N–H and O–H groups in total. The zero-order valence-electron chi connectivity index (χ0n) is 9.07. The Balaban J connectivity index is 1.80. The fourth-order valence-corrected chi connectivity index (χ4v) is 2.33. The van der Waals surface area contributed by atoms with Gasteiger partial charge in [0, 0.05) is 24.1 Å². The summed E-state index contributed by atoms with van der Waals surface area (Å²) < 4.78 is 5.64. The van der Waals surface area contributed by atoms with E-state index in [1.807, 2.05) is 6.07 Å². The molecule has 3 atom stereocenters. The van der Waals surface area contributed by atoms with Crippen molar-refractivity contribution < 1.29 is 4.74 Å². The summed E-state index contributed by atoms with van der Waals surface area (Å²) >= 11 is 0. The average Bonchev–Trinajstić information content (AvgIpc) is 2.95. The first-order valence-corrected chi connectivity index (χ1v) is 5.82. The molecule has 3 rings (SSSR count). The number of hydrogen-bond donors (Lipinski definition) is 1. The van der Waals surface area contributed by atoms with Crippen molar-refractivity contribution in [2.24, 2.45) is 5.92 Å². The third-order valence-corrected chi connectivity index (χ3v) is 3.48. The van der Waals surface area contributed by atoms with Gasteiger partial charge >= 0.3 is 0 Å². The Bertz CT molecular complexity index is 363. The fourth-order valence-electron chi connectivity index (χ4n) is 2.33. The zero-order chi connectivity index (χ0) is 10.3. The molecule has 0 radical (unpaired) electrons. The smallest absolute Gasteiger partial charge is 0.124 e. The van der Waals surface area contributed by atoms with E-state index in [1.54, 1.807) is 0 Å². The lowest BCUT2D eigenvalue weighted by atomic mass is 10.0. The van der Waals surface area contributed by atoms with Crippen molar-refractivity contribution in [1.29, 1.82) is 0 Å². The monoisotopic (exact) mass is 203 g/mol. The SMILES string of the molecule is CC1CC1NC1CCOc2ccccc21. The van der Waals surface area contributed by atoms with Gasteiger partial charge in [-0.2, -0.15) is 0 Å². The highest BCUT2D eigenvalue weighted by atomic mass is 16.5. The second-order valence-electron chi connectivity index (χ2n) is 4.71. The largest absolute Gasteiger partial charge is 0.493 e. The molecule has 3 unspecified atom stereocenters. The predicted octanol–water partition coefficient (Wildman–Crippen LogP) is 2.51. The molecule has 1 aromatic carbocycles. The predicted molar refractivity (Wildman–Crippen MR) is 60.0 cm³/mol. The lowest BCUT2D eigenvalue weighted by molar-refractivity contribution is 0.251. The van der Waals surface area contributed by atoms with Crippen molar-refractivity contribution in [2.75, 3.05) is 6.61 Å². The maximum atomic E-state index is 5.64. The van der Waals surface area contributed by atoms with Crippen LogP contribution in [-0.4, -0.2) is 12.6 Å². The van der Waals surface area contributed by atoms with E-state index in [0.717, 1.165) is 30.7 Å². The summed E-state index contributed by atoms with van der Waals surface area (Å²) in [5, 5.41) is 3.72. The van der Waals surface area contributed by atoms with Crippen molar-refractivity contribution in [2.45, 2.75) is 31.8 Å². The summed E-state index contributed by atoms with van der Waals surface area (Å²) in [6.45, 7) is 3.15. The first-order chi connectivity index (χ1) is 7.34. The van der Waals surface area contributed by atoms with Gasteiger partial charge in [0.1, 0.15) is 5.75 Å². The molecule has 0 aromatic heterocycles. The molecule has 80 valence electrons. The van der Waals surface area contributed by atoms with Crippen LogP contribution in [0, 0.1) is 5.92 Å². The van der Waals surface area contributed by atoms with Crippen LogP contribution in [0.5, 0.6) is 5.75 Å². The van der Waals surface area contributed by atoms with Gasteiger partial charge in [0.15, 0.2) is 0 Å². The molecule has 15 heavy (non-hydrogen) atoms. The molecule has 2 aliphatic rings. The summed E-state index contributed by atoms with van der Waals surface area (Å²) in [5.74, 6) is 1.93. The number of ether oxygens (including phenoxy) is 1. The highest BCUT2D eigenvalue weighted by Gasteiger charge is 2.35. The van der Waals surface area contributed by atoms with E-state index in [4.69, 9.17) is 4.74 Å². The van der Waals surface area contributed by atoms with Crippen LogP contribution in [0.2, 0.25) is 0 Å². The second kappa shape index (κ2) is 3.53. The summed E-state index contributed by atoms with van der Waals surface area (Å²) in [6, 6.07) is 9.63. The highest BCUT2D eigenvalue weighted by Crippen LogP contribution is 2.36. The summed E-state index contributed by atoms with van der Waals surface area (Å²) in [4.78, 5) is 0. The van der Waals surface area contributed by atoms with Crippen LogP contribution >= 0.6 is 0 Å². The minimum absolute atomic E-state index is 0.505. The Hall–Kier alpha value is -1.02. The minimum atomic E-state index is 0.505. The number of para-hydroxylation sites is 1. The molecule has 1 fully saturated rings. The third kappa shape index (κ3) is 1.74. The number of nitrogens with one attached hydrogen (secondary N) is 1. The molecule has 2 heteroatoms. The zero-order valence-corrected chi connectivity index (χ0v) is 9.07. The van der Waals surface area contributed by atoms with Gasteiger partial charge in [-0.3, -0.25) is 0 Å². The molecular formula is C13H17NO. The van der Waals surface area contributed by atoms with Gasteiger partial charge in [0.05, 0.1) is 6.61 Å². The van der Waals surface area contributed by atoms with Crippen molar-refractivity contribution >= 4 is 0 Å². The number of rotatable bonds is 2. The quantitative estimate of drug-likeness (QED) is 0.797. The molecule has 1 saturated carbocycles. The van der Waals surface area contributed by atoms with Gasteiger partial charge in [-0.05, 0) is 18.4 Å². The third-order valence-electron chi connectivity index (χ3n) is 3.48. The van der Waals surface area contributed by atoms with E-state index in [1.165, 1.54) is 12.0 Å². The molecule has 1 aliphatic carbocycles. The standard InChI is InChI=1S/C13H17NO/c1-9-8-12(9)14-11-6-7-15-13-5-3-2-4-10(11)13/h2-5,9,11-12,14H,6-8H2,1H3. The van der Waals surface area contributed by atoms with Crippen LogP contribution in [0.3, 0.4) is 0 Å². The van der Waals surface area contributed by atoms with Crippen molar-refractivity contribution in [3.05, 3.63) is 29.8 Å². The van der Waals surface area contributed by atoms with Crippen molar-refractivity contribution in [1.82, 2.24) is 5.32 Å². The molecule has 0 spiro atoms. The van der Waals surface area contributed by atoms with E-state index in [-0.39, 0.29) is 0 Å². The average molecular weight is 203 g/mol. The van der Waals surface area contributed by atoms with Gasteiger partial charge in [-0.1, -0.05) is 25.1 Å². The molecule has 1 heterocycles. The molecule has 0 saturated heterocycles. The summed E-state index contributed by atoms with van der Waals surface area (Å²) in [5.41, 5.74) is 1.34. The van der Waals surface area contributed by atoms with Gasteiger partial charge in [-0.15, -0.1) is 0 Å². The van der Waals surface area contributed by atoms with Crippen LogP contribution in [0.1, 0.15) is 31.4 Å². The van der Waals surface area contributed by atoms with E-state index in [9.17, 15) is 0 Å². The van der Waals surface area contributed by atoms with Gasteiger partial charge in [0.25, 0.3) is 0 Å². The van der Waals surface area contributed by atoms with Crippen molar-refractivity contribution in [3.8, 4) is 5.75 Å². The van der Waals surface area contributed by atoms with Crippen LogP contribution in [0.25, 0.3) is 0 Å². The number of benzene rings is 1. The minimum Gasteiger partial charge on any atom is -0.493 e. The van der Waals surface area contributed by atoms with Crippen LogP contribution < -0.4 is 10.1 Å². The molecule has 1 aliphatic heterocycles. The second-order valence-corrected chi connectivity index (χ2v) is 4.71. The van der Waals surface area contributed by atoms with E-state index in [2.05, 4.69) is 30.4 Å². The topological polar surface area (TPSA) is 21.3 Å². The lowest BCUT2D eigenvalue weighted by Gasteiger charge is -2.26. The van der Waals surface area contributed by atoms with Gasteiger partial charge in [-0.25, -0.2) is 0 Å². The van der Waals surface area contributed by atoms with E-state index < -0.39 is 0 Å². The molecule has 1 aromatic rings. The van der Waals surface area contributed by atoms with E-state index >= 15 is 0 Å². The maximum Gasteiger partial charge on any atom is 0.124 e. The Morgan fingerprint density at radius 3 is 2.93 bits per heavy atom. The fraction of sp³-hybridized carbons (Fsp3) is 0.538. The molecule has 2 nitrogen and oxygen atoms in total.